The molecule has 1 amide bonds. The van der Waals surface area contributed by atoms with Crippen LogP contribution < -0.4 is 5.32 Å². The number of carbonyl (C=O) groups excluding carboxylic acids is 1. The third kappa shape index (κ3) is 3.11. The minimum absolute atomic E-state index is 0.0152. The molecule has 2 aromatic rings. The van der Waals surface area contributed by atoms with Crippen LogP contribution in [0.1, 0.15) is 15.9 Å². The first-order valence-corrected chi connectivity index (χ1v) is 6.32. The van der Waals surface area contributed by atoms with Crippen LogP contribution in [0.5, 0.6) is 5.75 Å². The van der Waals surface area contributed by atoms with E-state index in [9.17, 15) is 20.0 Å². The van der Waals surface area contributed by atoms with E-state index in [1.54, 1.807) is 19.1 Å². The second kappa shape index (κ2) is 5.80. The fourth-order valence-electron chi connectivity index (χ4n) is 1.77. The molecule has 0 unspecified atom stereocenters. The normalized spacial score (nSPS) is 10.2. The predicted octanol–water partition coefficient (Wildman–Crippen LogP) is 3.51. The van der Waals surface area contributed by atoms with Crippen LogP contribution in [0.15, 0.2) is 36.4 Å². The zero-order valence-corrected chi connectivity index (χ0v) is 11.7. The van der Waals surface area contributed by atoms with Crippen LogP contribution in [0.2, 0.25) is 5.02 Å². The Balaban J connectivity index is 2.36. The summed E-state index contributed by atoms with van der Waals surface area (Å²) in [5.41, 5.74) is 0.370. The Bertz CT molecular complexity index is 731. The van der Waals surface area contributed by atoms with Crippen LogP contribution in [0.4, 0.5) is 11.4 Å². The Kier molecular flexibility index (Phi) is 4.09. The molecule has 0 heterocycles. The van der Waals surface area contributed by atoms with E-state index >= 15 is 0 Å². The summed E-state index contributed by atoms with van der Waals surface area (Å²) in [7, 11) is 0. The third-order valence-corrected chi connectivity index (χ3v) is 3.20. The third-order valence-electron chi connectivity index (χ3n) is 2.88. The minimum atomic E-state index is -0.712. The number of nitro groups is 1. The number of nitro benzene ring substituents is 1. The molecule has 0 fully saturated rings. The molecule has 108 valence electrons. The molecule has 2 N–H and O–H groups in total. The molecular formula is C14H11ClN2O4. The summed E-state index contributed by atoms with van der Waals surface area (Å²) in [6.07, 6.45) is 0. The number of benzene rings is 2. The number of hydrogen-bond acceptors (Lipinski definition) is 4. The number of phenols is 1. The molecule has 7 heteroatoms. The molecular weight excluding hydrogens is 296 g/mol. The Labute approximate surface area is 125 Å². The molecule has 6 nitrogen and oxygen atoms in total. The van der Waals surface area contributed by atoms with Gasteiger partial charge in [0.15, 0.2) is 0 Å². The van der Waals surface area contributed by atoms with E-state index in [2.05, 4.69) is 5.32 Å². The van der Waals surface area contributed by atoms with Crippen molar-refractivity contribution in [1.29, 1.82) is 0 Å². The maximum atomic E-state index is 12.2. The smallest absolute Gasteiger partial charge is 0.283 e. The van der Waals surface area contributed by atoms with Crippen LogP contribution in [-0.4, -0.2) is 15.9 Å². The van der Waals surface area contributed by atoms with Gasteiger partial charge in [0, 0.05) is 17.8 Å². The number of aryl methyl sites for hydroxylation is 1. The van der Waals surface area contributed by atoms with Crippen molar-refractivity contribution in [2.24, 2.45) is 0 Å². The van der Waals surface area contributed by atoms with Gasteiger partial charge in [0.05, 0.1) is 9.95 Å². The van der Waals surface area contributed by atoms with Gasteiger partial charge in [-0.05, 0) is 24.6 Å². The van der Waals surface area contributed by atoms with Gasteiger partial charge in [-0.1, -0.05) is 23.7 Å². The summed E-state index contributed by atoms with van der Waals surface area (Å²) in [5.74, 6) is -0.697. The van der Waals surface area contributed by atoms with Crippen LogP contribution in [0.3, 0.4) is 0 Å². The van der Waals surface area contributed by atoms with Gasteiger partial charge in [-0.3, -0.25) is 14.9 Å². The number of hydrogen-bond donors (Lipinski definition) is 2. The second-order valence-electron chi connectivity index (χ2n) is 4.35. The first kappa shape index (κ1) is 14.8. The lowest BCUT2D eigenvalue weighted by Crippen LogP contribution is -2.14. The van der Waals surface area contributed by atoms with E-state index in [0.717, 1.165) is 0 Å². The van der Waals surface area contributed by atoms with Gasteiger partial charge in [-0.2, -0.15) is 0 Å². The van der Waals surface area contributed by atoms with Crippen molar-refractivity contribution < 1.29 is 14.8 Å². The lowest BCUT2D eigenvalue weighted by Gasteiger charge is -2.08. The van der Waals surface area contributed by atoms with Crippen LogP contribution in [0, 0.1) is 17.0 Å². The molecule has 2 aromatic carbocycles. The lowest BCUT2D eigenvalue weighted by molar-refractivity contribution is -0.385. The number of nitrogens with one attached hydrogen (secondary N) is 1. The Hall–Kier alpha value is -2.60. The lowest BCUT2D eigenvalue weighted by atomic mass is 10.1. The van der Waals surface area contributed by atoms with E-state index in [1.165, 1.54) is 24.3 Å². The fraction of sp³-hybridized carbons (Fsp3) is 0.0714. The van der Waals surface area contributed by atoms with E-state index in [-0.39, 0.29) is 22.0 Å². The SMILES string of the molecule is Cc1ccc(NC(=O)c2c(Cl)cccc2[N+](=O)[O-])cc1O. The number of phenolic OH excluding ortho intramolecular Hbond substituents is 1. The highest BCUT2D eigenvalue weighted by molar-refractivity contribution is 6.35. The Morgan fingerprint density at radius 2 is 2.05 bits per heavy atom. The summed E-state index contributed by atoms with van der Waals surface area (Å²) in [4.78, 5) is 22.5. The number of halogens is 1. The molecule has 0 aliphatic heterocycles. The standard InChI is InChI=1S/C14H11ClN2O4/c1-8-5-6-9(7-12(8)18)16-14(19)13-10(15)3-2-4-11(13)17(20)21/h2-7,18H,1H3,(H,16,19). The maximum Gasteiger partial charge on any atom is 0.283 e. The van der Waals surface area contributed by atoms with Gasteiger partial charge < -0.3 is 10.4 Å². The van der Waals surface area contributed by atoms with Crippen molar-refractivity contribution in [2.45, 2.75) is 6.92 Å². The number of amides is 1. The predicted molar refractivity (Wildman–Crippen MR) is 78.9 cm³/mol. The van der Waals surface area contributed by atoms with E-state index in [1.807, 2.05) is 0 Å². The van der Waals surface area contributed by atoms with Gasteiger partial charge in [-0.25, -0.2) is 0 Å². The molecule has 0 bridgehead atoms. The van der Waals surface area contributed by atoms with E-state index < -0.39 is 10.8 Å². The van der Waals surface area contributed by atoms with Crippen molar-refractivity contribution in [3.05, 3.63) is 62.7 Å². The highest BCUT2D eigenvalue weighted by atomic mass is 35.5. The Morgan fingerprint density at radius 3 is 2.67 bits per heavy atom. The largest absolute Gasteiger partial charge is 0.508 e. The number of carbonyl (C=O) groups is 1. The van der Waals surface area contributed by atoms with Crippen molar-refractivity contribution in [2.75, 3.05) is 5.32 Å². The van der Waals surface area contributed by atoms with Crippen LogP contribution in [-0.2, 0) is 0 Å². The van der Waals surface area contributed by atoms with Crippen molar-refractivity contribution in [3.63, 3.8) is 0 Å². The van der Waals surface area contributed by atoms with E-state index in [4.69, 9.17) is 11.6 Å². The quantitative estimate of drug-likeness (QED) is 0.670. The van der Waals surface area contributed by atoms with Crippen molar-refractivity contribution >= 4 is 28.9 Å². The summed E-state index contributed by atoms with van der Waals surface area (Å²) >= 11 is 5.88. The van der Waals surface area contributed by atoms with Gasteiger partial charge >= 0.3 is 0 Å². The first-order chi connectivity index (χ1) is 9.90. The molecule has 0 aliphatic rings. The van der Waals surface area contributed by atoms with Gasteiger partial charge in [-0.15, -0.1) is 0 Å². The molecule has 2 rings (SSSR count). The minimum Gasteiger partial charge on any atom is -0.508 e. The van der Waals surface area contributed by atoms with Crippen LogP contribution >= 0.6 is 11.6 Å². The summed E-state index contributed by atoms with van der Waals surface area (Å²) in [6, 6.07) is 8.55. The summed E-state index contributed by atoms with van der Waals surface area (Å²) < 4.78 is 0. The molecule has 0 aliphatic carbocycles. The van der Waals surface area contributed by atoms with Crippen molar-refractivity contribution in [3.8, 4) is 5.75 Å². The molecule has 0 atom stereocenters. The zero-order valence-electron chi connectivity index (χ0n) is 11.0. The second-order valence-corrected chi connectivity index (χ2v) is 4.75. The molecule has 0 spiro atoms. The summed E-state index contributed by atoms with van der Waals surface area (Å²) in [5, 5.41) is 23.0. The zero-order chi connectivity index (χ0) is 15.6. The molecule has 0 aromatic heterocycles. The summed E-state index contributed by atoms with van der Waals surface area (Å²) in [6.45, 7) is 1.71. The van der Waals surface area contributed by atoms with Gasteiger partial charge in [0.25, 0.3) is 11.6 Å². The van der Waals surface area contributed by atoms with Crippen LogP contribution in [0.25, 0.3) is 0 Å². The van der Waals surface area contributed by atoms with Gasteiger partial charge in [0.1, 0.15) is 11.3 Å². The fourth-order valence-corrected chi connectivity index (χ4v) is 2.03. The molecule has 0 saturated carbocycles. The molecule has 21 heavy (non-hydrogen) atoms. The highest BCUT2D eigenvalue weighted by Crippen LogP contribution is 2.28. The maximum absolute atomic E-state index is 12.2. The number of aromatic hydroxyl groups is 1. The average Bonchev–Trinajstić information content (AvgIpc) is 2.42. The average molecular weight is 307 g/mol. The number of anilines is 1. The number of rotatable bonds is 3. The van der Waals surface area contributed by atoms with E-state index in [0.29, 0.717) is 11.3 Å². The topological polar surface area (TPSA) is 92.5 Å². The van der Waals surface area contributed by atoms with Gasteiger partial charge in [0.2, 0.25) is 0 Å². The molecule has 0 radical (unpaired) electrons. The monoisotopic (exact) mass is 306 g/mol. The molecule has 0 saturated heterocycles. The highest BCUT2D eigenvalue weighted by Gasteiger charge is 2.23. The Morgan fingerprint density at radius 1 is 1.33 bits per heavy atom. The number of nitrogens with zero attached hydrogens (tertiary/aromatic N) is 1. The van der Waals surface area contributed by atoms with Crippen molar-refractivity contribution in [1.82, 2.24) is 0 Å². The first-order valence-electron chi connectivity index (χ1n) is 5.94.